The minimum Gasteiger partial charge on any atom is -0.397 e. The van der Waals surface area contributed by atoms with Crippen LogP contribution in [0.5, 0.6) is 0 Å². The largest absolute Gasteiger partial charge is 0.397 e. The van der Waals surface area contributed by atoms with Gasteiger partial charge in [-0.15, -0.1) is 0 Å². The fourth-order valence-electron chi connectivity index (χ4n) is 1.79. The second kappa shape index (κ2) is 4.64. The molecule has 4 nitrogen and oxygen atoms in total. The second-order valence-corrected chi connectivity index (χ2v) is 4.07. The van der Waals surface area contributed by atoms with E-state index >= 15 is 0 Å². The number of nitrogens with zero attached hydrogens (tertiary/aromatic N) is 1. The van der Waals surface area contributed by atoms with Gasteiger partial charge in [0.1, 0.15) is 5.69 Å². The van der Waals surface area contributed by atoms with Crippen molar-refractivity contribution >= 4 is 22.5 Å². The number of fused-ring (bicyclic) bond motifs is 1. The minimum atomic E-state index is -2.55. The van der Waals surface area contributed by atoms with E-state index in [9.17, 15) is 13.6 Å². The number of hydrogen-bond acceptors (Lipinski definition) is 2. The molecule has 1 amide bonds. The number of hydrogen-bond donors (Lipinski definition) is 2. The van der Waals surface area contributed by atoms with Crippen LogP contribution in [0.4, 0.5) is 14.5 Å². The number of alkyl halides is 2. The zero-order valence-electron chi connectivity index (χ0n) is 9.78. The molecule has 0 radical (unpaired) electrons. The number of aromatic nitrogens is 1. The predicted octanol–water partition coefficient (Wildman–Crippen LogP) is 2.09. The zero-order chi connectivity index (χ0) is 13.3. The number of anilines is 1. The van der Waals surface area contributed by atoms with Crippen LogP contribution in [0.1, 0.15) is 10.5 Å². The summed E-state index contributed by atoms with van der Waals surface area (Å²) in [6.07, 6.45) is -2.55. The lowest BCUT2D eigenvalue weighted by Crippen LogP contribution is -2.31. The van der Waals surface area contributed by atoms with E-state index in [1.165, 1.54) is 7.05 Å². The van der Waals surface area contributed by atoms with Gasteiger partial charge in [0.05, 0.1) is 17.7 Å². The fourth-order valence-corrected chi connectivity index (χ4v) is 1.79. The molecule has 0 aliphatic carbocycles. The van der Waals surface area contributed by atoms with E-state index in [4.69, 9.17) is 5.73 Å². The SMILES string of the molecule is CN(CC(F)F)C(=O)c1cc2cccc(N)c2[nH]1. The highest BCUT2D eigenvalue weighted by molar-refractivity contribution is 6.00. The van der Waals surface area contributed by atoms with Gasteiger partial charge in [-0.1, -0.05) is 12.1 Å². The van der Waals surface area contributed by atoms with E-state index in [1.807, 2.05) is 0 Å². The molecule has 1 aromatic carbocycles. The maximum Gasteiger partial charge on any atom is 0.270 e. The number of H-pyrrole nitrogens is 1. The Kier molecular flexibility index (Phi) is 3.18. The average Bonchev–Trinajstić information content (AvgIpc) is 2.72. The minimum absolute atomic E-state index is 0.256. The molecule has 0 unspecified atom stereocenters. The van der Waals surface area contributed by atoms with Gasteiger partial charge in [-0.05, 0) is 12.1 Å². The molecule has 6 heteroatoms. The van der Waals surface area contributed by atoms with Gasteiger partial charge in [0.15, 0.2) is 0 Å². The van der Waals surface area contributed by atoms with Crippen LogP contribution in [0.15, 0.2) is 24.3 Å². The third-order valence-electron chi connectivity index (χ3n) is 2.68. The molecular weight excluding hydrogens is 240 g/mol. The summed E-state index contributed by atoms with van der Waals surface area (Å²) in [6.45, 7) is -0.594. The number of rotatable bonds is 3. The van der Waals surface area contributed by atoms with Gasteiger partial charge in [0.2, 0.25) is 0 Å². The molecule has 18 heavy (non-hydrogen) atoms. The molecule has 2 rings (SSSR count). The van der Waals surface area contributed by atoms with Crippen molar-refractivity contribution in [1.82, 2.24) is 9.88 Å². The van der Waals surface area contributed by atoms with Crippen LogP contribution < -0.4 is 5.73 Å². The van der Waals surface area contributed by atoms with Crippen molar-refractivity contribution in [3.8, 4) is 0 Å². The normalized spacial score (nSPS) is 11.1. The van der Waals surface area contributed by atoms with Crippen LogP contribution in [0.3, 0.4) is 0 Å². The Bertz CT molecular complexity index is 580. The number of benzene rings is 1. The van der Waals surface area contributed by atoms with E-state index in [2.05, 4.69) is 4.98 Å². The van der Waals surface area contributed by atoms with Crippen LogP contribution >= 0.6 is 0 Å². The second-order valence-electron chi connectivity index (χ2n) is 4.07. The first-order chi connectivity index (χ1) is 8.49. The highest BCUT2D eigenvalue weighted by atomic mass is 19.3. The zero-order valence-corrected chi connectivity index (χ0v) is 9.78. The molecular formula is C12H13F2N3O. The van der Waals surface area contributed by atoms with Gasteiger partial charge in [0, 0.05) is 12.4 Å². The molecule has 0 atom stereocenters. The predicted molar refractivity (Wildman–Crippen MR) is 65.7 cm³/mol. The topological polar surface area (TPSA) is 62.1 Å². The Morgan fingerprint density at radius 2 is 2.22 bits per heavy atom. The van der Waals surface area contributed by atoms with Gasteiger partial charge in [0.25, 0.3) is 12.3 Å². The fraction of sp³-hybridized carbons (Fsp3) is 0.250. The number of nitrogens with two attached hydrogens (primary N) is 1. The maximum atomic E-state index is 12.2. The van der Waals surface area contributed by atoms with Crippen molar-refractivity contribution < 1.29 is 13.6 Å². The molecule has 0 saturated carbocycles. The number of carbonyl (C=O) groups is 1. The lowest BCUT2D eigenvalue weighted by Gasteiger charge is -2.15. The maximum absolute atomic E-state index is 12.2. The molecule has 0 aliphatic heterocycles. The molecule has 2 aromatic rings. The molecule has 3 N–H and O–H groups in total. The highest BCUT2D eigenvalue weighted by Crippen LogP contribution is 2.21. The van der Waals surface area contributed by atoms with Crippen LogP contribution in [0, 0.1) is 0 Å². The van der Waals surface area contributed by atoms with Crippen LogP contribution in [-0.2, 0) is 0 Å². The van der Waals surface area contributed by atoms with E-state index in [-0.39, 0.29) is 5.69 Å². The molecule has 0 spiro atoms. The lowest BCUT2D eigenvalue weighted by atomic mass is 10.2. The summed E-state index contributed by atoms with van der Waals surface area (Å²) in [5.41, 5.74) is 7.17. The molecule has 0 saturated heterocycles. The number of halogens is 2. The summed E-state index contributed by atoms with van der Waals surface area (Å²) in [6, 6.07) is 6.88. The van der Waals surface area contributed by atoms with E-state index in [1.54, 1.807) is 24.3 Å². The number of amides is 1. The van der Waals surface area contributed by atoms with Crippen molar-refractivity contribution in [2.45, 2.75) is 6.43 Å². The van der Waals surface area contributed by atoms with Crippen molar-refractivity contribution in [2.24, 2.45) is 0 Å². The summed E-state index contributed by atoms with van der Waals surface area (Å²) < 4.78 is 24.4. The molecule has 0 aliphatic rings. The first kappa shape index (κ1) is 12.3. The van der Waals surface area contributed by atoms with Crippen molar-refractivity contribution in [2.75, 3.05) is 19.3 Å². The number of nitrogen functional groups attached to an aromatic ring is 1. The van der Waals surface area contributed by atoms with Gasteiger partial charge >= 0.3 is 0 Å². The third kappa shape index (κ3) is 2.27. The monoisotopic (exact) mass is 253 g/mol. The molecule has 1 aromatic heterocycles. The van der Waals surface area contributed by atoms with Crippen LogP contribution in [-0.4, -0.2) is 35.8 Å². The smallest absolute Gasteiger partial charge is 0.270 e. The number of nitrogens with one attached hydrogen (secondary N) is 1. The summed E-state index contributed by atoms with van der Waals surface area (Å²) in [7, 11) is 1.34. The first-order valence-corrected chi connectivity index (χ1v) is 5.40. The van der Waals surface area contributed by atoms with E-state index in [0.29, 0.717) is 11.2 Å². The summed E-state index contributed by atoms with van der Waals surface area (Å²) in [5, 5.41) is 0.781. The van der Waals surface area contributed by atoms with Gasteiger partial charge < -0.3 is 15.6 Å². The number of aromatic amines is 1. The Morgan fingerprint density at radius 3 is 2.83 bits per heavy atom. The third-order valence-corrected chi connectivity index (χ3v) is 2.68. The molecule has 0 bridgehead atoms. The van der Waals surface area contributed by atoms with Crippen LogP contribution in [0.25, 0.3) is 10.9 Å². The lowest BCUT2D eigenvalue weighted by molar-refractivity contribution is 0.0616. The Balaban J connectivity index is 2.31. The average molecular weight is 253 g/mol. The van der Waals surface area contributed by atoms with Crippen LogP contribution in [0.2, 0.25) is 0 Å². The quantitative estimate of drug-likeness (QED) is 0.823. The molecule has 96 valence electrons. The molecule has 1 heterocycles. The Labute approximate surface area is 102 Å². The Morgan fingerprint density at radius 1 is 1.50 bits per heavy atom. The van der Waals surface area contributed by atoms with Crippen molar-refractivity contribution in [1.29, 1.82) is 0 Å². The highest BCUT2D eigenvalue weighted by Gasteiger charge is 2.18. The summed E-state index contributed by atoms with van der Waals surface area (Å²) in [4.78, 5) is 15.7. The van der Waals surface area contributed by atoms with E-state index < -0.39 is 18.9 Å². The van der Waals surface area contributed by atoms with Gasteiger partial charge in [-0.3, -0.25) is 4.79 Å². The summed E-state index contributed by atoms with van der Waals surface area (Å²) in [5.74, 6) is -0.481. The van der Waals surface area contributed by atoms with Crippen molar-refractivity contribution in [3.63, 3.8) is 0 Å². The standard InChI is InChI=1S/C12H13F2N3O/c1-17(6-10(13)14)12(18)9-5-7-3-2-4-8(15)11(7)16-9/h2-5,10,16H,6,15H2,1H3. The number of carbonyl (C=O) groups excluding carboxylic acids is 1. The number of para-hydroxylation sites is 1. The van der Waals surface area contributed by atoms with Gasteiger partial charge in [-0.25, -0.2) is 8.78 Å². The summed E-state index contributed by atoms with van der Waals surface area (Å²) >= 11 is 0. The molecule has 0 fully saturated rings. The van der Waals surface area contributed by atoms with Crippen molar-refractivity contribution in [3.05, 3.63) is 30.0 Å². The van der Waals surface area contributed by atoms with E-state index in [0.717, 1.165) is 10.3 Å². The first-order valence-electron chi connectivity index (χ1n) is 5.40. The Hall–Kier alpha value is -2.11. The van der Waals surface area contributed by atoms with Gasteiger partial charge in [-0.2, -0.15) is 0 Å².